The summed E-state index contributed by atoms with van der Waals surface area (Å²) in [5.74, 6) is 0.601. The monoisotopic (exact) mass is 270 g/mol. The molecule has 2 aliphatic heterocycles. The summed E-state index contributed by atoms with van der Waals surface area (Å²) < 4.78 is 5.32. The summed E-state index contributed by atoms with van der Waals surface area (Å²) in [5, 5.41) is 4.53. The molecule has 2 aromatic rings. The minimum absolute atomic E-state index is 0.493. The highest BCUT2D eigenvalue weighted by molar-refractivity contribution is 5.94. The van der Waals surface area contributed by atoms with Crippen molar-refractivity contribution in [1.29, 1.82) is 0 Å². The van der Waals surface area contributed by atoms with E-state index in [1.807, 2.05) is 12.3 Å². The summed E-state index contributed by atoms with van der Waals surface area (Å²) in [6.07, 6.45) is 4.92. The number of anilines is 1. The van der Waals surface area contributed by atoms with Crippen molar-refractivity contribution < 1.29 is 4.74 Å². The second-order valence-electron chi connectivity index (χ2n) is 5.82. The van der Waals surface area contributed by atoms with E-state index < -0.39 is 0 Å². The van der Waals surface area contributed by atoms with E-state index in [2.05, 4.69) is 26.3 Å². The molecule has 0 bridgehead atoms. The second kappa shape index (κ2) is 4.31. The smallest absolute Gasteiger partial charge is 0.240 e. The number of pyridine rings is 2. The van der Waals surface area contributed by atoms with Crippen molar-refractivity contribution in [2.75, 3.05) is 38.2 Å². The van der Waals surface area contributed by atoms with Gasteiger partial charge in [0.2, 0.25) is 5.88 Å². The van der Waals surface area contributed by atoms with Crippen LogP contribution in [0.15, 0.2) is 24.5 Å². The number of fused-ring (bicyclic) bond motifs is 1. The predicted octanol–water partition coefficient (Wildman–Crippen LogP) is 1.44. The molecule has 2 aromatic heterocycles. The molecule has 0 unspecified atom stereocenters. The number of methoxy groups -OCH3 is 1. The Morgan fingerprint density at radius 3 is 2.80 bits per heavy atom. The highest BCUT2D eigenvalue weighted by Crippen LogP contribution is 2.39. The Morgan fingerprint density at radius 2 is 2.10 bits per heavy atom. The first-order valence-electron chi connectivity index (χ1n) is 7.05. The summed E-state index contributed by atoms with van der Waals surface area (Å²) >= 11 is 0. The predicted molar refractivity (Wildman–Crippen MR) is 78.2 cm³/mol. The molecule has 20 heavy (non-hydrogen) atoms. The number of hydrogen-bond acceptors (Lipinski definition) is 5. The maximum atomic E-state index is 5.32. The molecule has 5 heteroatoms. The Balaban J connectivity index is 1.77. The minimum Gasteiger partial charge on any atom is -0.479 e. The van der Waals surface area contributed by atoms with E-state index in [9.17, 15) is 0 Å². The van der Waals surface area contributed by atoms with E-state index in [0.717, 1.165) is 37.1 Å². The number of ether oxygens (including phenoxy) is 1. The van der Waals surface area contributed by atoms with Gasteiger partial charge < -0.3 is 15.0 Å². The van der Waals surface area contributed by atoms with Crippen LogP contribution in [0, 0.1) is 5.41 Å². The highest BCUT2D eigenvalue weighted by Gasteiger charge is 2.43. The van der Waals surface area contributed by atoms with Gasteiger partial charge in [-0.25, -0.2) is 4.98 Å². The fourth-order valence-electron chi connectivity index (χ4n) is 3.37. The van der Waals surface area contributed by atoms with Crippen LogP contribution in [0.5, 0.6) is 5.88 Å². The van der Waals surface area contributed by atoms with Crippen LogP contribution < -0.4 is 15.0 Å². The van der Waals surface area contributed by atoms with Crippen molar-refractivity contribution in [3.8, 4) is 5.88 Å². The lowest BCUT2D eigenvalue weighted by Crippen LogP contribution is -2.54. The molecule has 2 aliphatic rings. The largest absolute Gasteiger partial charge is 0.479 e. The van der Waals surface area contributed by atoms with Gasteiger partial charge in [0.15, 0.2) is 0 Å². The van der Waals surface area contributed by atoms with Crippen LogP contribution in [-0.4, -0.2) is 43.3 Å². The molecule has 2 fully saturated rings. The molecule has 4 rings (SSSR count). The van der Waals surface area contributed by atoms with E-state index >= 15 is 0 Å². The molecule has 0 amide bonds. The van der Waals surface area contributed by atoms with Crippen LogP contribution in [0.1, 0.15) is 6.42 Å². The Kier molecular flexibility index (Phi) is 2.57. The van der Waals surface area contributed by atoms with Crippen LogP contribution in [0.25, 0.3) is 10.9 Å². The lowest BCUT2D eigenvalue weighted by atomic mass is 9.81. The summed E-state index contributed by atoms with van der Waals surface area (Å²) in [4.78, 5) is 11.1. The summed E-state index contributed by atoms with van der Waals surface area (Å²) in [6.45, 7) is 4.55. The molecule has 0 aromatic carbocycles. The van der Waals surface area contributed by atoms with Gasteiger partial charge in [0.05, 0.1) is 7.11 Å². The van der Waals surface area contributed by atoms with Crippen molar-refractivity contribution in [3.63, 3.8) is 0 Å². The molecule has 5 nitrogen and oxygen atoms in total. The van der Waals surface area contributed by atoms with Gasteiger partial charge in [-0.15, -0.1) is 0 Å². The second-order valence-corrected chi connectivity index (χ2v) is 5.82. The SMILES string of the molecule is COc1nccc2c(N3CCC4(CNC4)C3)ccnc12. The number of nitrogens with zero attached hydrogens (tertiary/aromatic N) is 3. The average molecular weight is 270 g/mol. The third-order valence-corrected chi connectivity index (χ3v) is 4.58. The number of hydrogen-bond donors (Lipinski definition) is 1. The van der Waals surface area contributed by atoms with Crippen LogP contribution in [-0.2, 0) is 0 Å². The van der Waals surface area contributed by atoms with Crippen LogP contribution in [0.3, 0.4) is 0 Å². The van der Waals surface area contributed by atoms with Crippen molar-refractivity contribution >= 4 is 16.6 Å². The third-order valence-electron chi connectivity index (χ3n) is 4.58. The van der Waals surface area contributed by atoms with Gasteiger partial charge in [-0.3, -0.25) is 4.98 Å². The number of aromatic nitrogens is 2. The van der Waals surface area contributed by atoms with E-state index in [4.69, 9.17) is 4.74 Å². The maximum absolute atomic E-state index is 5.32. The van der Waals surface area contributed by atoms with Gasteiger partial charge >= 0.3 is 0 Å². The Labute approximate surface area is 118 Å². The van der Waals surface area contributed by atoms with Crippen molar-refractivity contribution in [2.24, 2.45) is 5.41 Å². The maximum Gasteiger partial charge on any atom is 0.240 e. The molecule has 0 radical (unpaired) electrons. The highest BCUT2D eigenvalue weighted by atomic mass is 16.5. The van der Waals surface area contributed by atoms with Gasteiger partial charge in [0.25, 0.3) is 0 Å². The van der Waals surface area contributed by atoms with Crippen LogP contribution >= 0.6 is 0 Å². The topological polar surface area (TPSA) is 50.3 Å². The fraction of sp³-hybridized carbons (Fsp3) is 0.467. The van der Waals surface area contributed by atoms with Crippen molar-refractivity contribution in [2.45, 2.75) is 6.42 Å². The molecule has 104 valence electrons. The van der Waals surface area contributed by atoms with E-state index in [1.165, 1.54) is 12.1 Å². The average Bonchev–Trinajstić information content (AvgIpc) is 2.91. The Morgan fingerprint density at radius 1 is 1.25 bits per heavy atom. The lowest BCUT2D eigenvalue weighted by Gasteiger charge is -2.39. The number of rotatable bonds is 2. The van der Waals surface area contributed by atoms with E-state index in [0.29, 0.717) is 11.3 Å². The number of nitrogens with one attached hydrogen (secondary N) is 1. The molecule has 1 N–H and O–H groups in total. The normalized spacial score (nSPS) is 20.4. The standard InChI is InChI=1S/C15H18N4O/c1-20-14-13-11(2-5-18-14)12(3-6-17-13)19-7-4-15(10-19)8-16-9-15/h2-3,5-6,16H,4,7-10H2,1H3. The fourth-order valence-corrected chi connectivity index (χ4v) is 3.37. The quantitative estimate of drug-likeness (QED) is 0.895. The van der Waals surface area contributed by atoms with Gasteiger partial charge in [-0.2, -0.15) is 0 Å². The molecule has 1 spiro atoms. The first-order chi connectivity index (χ1) is 9.81. The molecule has 0 atom stereocenters. The lowest BCUT2D eigenvalue weighted by molar-refractivity contribution is 0.200. The zero-order valence-corrected chi connectivity index (χ0v) is 11.6. The Hall–Kier alpha value is -1.88. The first-order valence-corrected chi connectivity index (χ1v) is 7.05. The summed E-state index contributed by atoms with van der Waals surface area (Å²) in [5.41, 5.74) is 2.59. The summed E-state index contributed by atoms with van der Waals surface area (Å²) in [7, 11) is 1.64. The van der Waals surface area contributed by atoms with Gasteiger partial charge in [-0.05, 0) is 18.6 Å². The van der Waals surface area contributed by atoms with Gasteiger partial charge in [0.1, 0.15) is 5.52 Å². The Bertz CT molecular complexity index is 653. The minimum atomic E-state index is 0.493. The molecular formula is C15H18N4O. The zero-order chi connectivity index (χ0) is 13.6. The van der Waals surface area contributed by atoms with Gasteiger partial charge in [0, 0.05) is 55.1 Å². The third kappa shape index (κ3) is 1.66. The summed E-state index contributed by atoms with van der Waals surface area (Å²) in [6, 6.07) is 4.14. The van der Waals surface area contributed by atoms with E-state index in [-0.39, 0.29) is 0 Å². The van der Waals surface area contributed by atoms with E-state index in [1.54, 1.807) is 13.3 Å². The molecule has 0 saturated carbocycles. The van der Waals surface area contributed by atoms with Crippen LogP contribution in [0.4, 0.5) is 5.69 Å². The zero-order valence-electron chi connectivity index (χ0n) is 11.6. The van der Waals surface area contributed by atoms with Crippen LogP contribution in [0.2, 0.25) is 0 Å². The molecular weight excluding hydrogens is 252 g/mol. The first kappa shape index (κ1) is 11.9. The van der Waals surface area contributed by atoms with Crippen molar-refractivity contribution in [1.82, 2.24) is 15.3 Å². The molecule has 4 heterocycles. The molecule has 2 saturated heterocycles. The van der Waals surface area contributed by atoms with Gasteiger partial charge in [-0.1, -0.05) is 0 Å². The van der Waals surface area contributed by atoms with Crippen molar-refractivity contribution in [3.05, 3.63) is 24.5 Å². The molecule has 0 aliphatic carbocycles.